The van der Waals surface area contributed by atoms with Gasteiger partial charge in [-0.05, 0) is 58.2 Å². The zero-order chi connectivity index (χ0) is 21.3. The highest BCUT2D eigenvalue weighted by atomic mass is 16.2. The lowest BCUT2D eigenvalue weighted by Crippen LogP contribution is -2.32. The first kappa shape index (κ1) is 20.5. The molecule has 0 saturated heterocycles. The van der Waals surface area contributed by atoms with Crippen LogP contribution in [0.3, 0.4) is 0 Å². The van der Waals surface area contributed by atoms with Crippen LogP contribution in [0.5, 0.6) is 0 Å². The summed E-state index contributed by atoms with van der Waals surface area (Å²) in [5.41, 5.74) is 5.96. The SMILES string of the molecule is CCc1cc(=O)n(CC(=O)Nc2c(C)cc(C)cc2C)c(-n2nc(C)cc2C)n1. The number of amides is 1. The largest absolute Gasteiger partial charge is 0.324 e. The number of hydrogen-bond acceptors (Lipinski definition) is 4. The number of carbonyl (C=O) groups excluding carboxylic acids is 1. The molecule has 0 spiro atoms. The highest BCUT2D eigenvalue weighted by molar-refractivity contribution is 5.92. The van der Waals surface area contributed by atoms with Crippen molar-refractivity contribution in [3.8, 4) is 5.95 Å². The van der Waals surface area contributed by atoms with E-state index in [9.17, 15) is 9.59 Å². The Hall–Kier alpha value is -3.22. The van der Waals surface area contributed by atoms with E-state index in [1.54, 1.807) is 4.68 Å². The zero-order valence-electron chi connectivity index (χ0n) is 17.8. The Morgan fingerprint density at radius 3 is 2.24 bits per heavy atom. The Morgan fingerprint density at radius 1 is 1.03 bits per heavy atom. The molecule has 0 fully saturated rings. The van der Waals surface area contributed by atoms with E-state index in [4.69, 9.17) is 0 Å². The number of nitrogens with zero attached hydrogens (tertiary/aromatic N) is 4. The van der Waals surface area contributed by atoms with Crippen molar-refractivity contribution in [2.45, 2.75) is 54.5 Å². The summed E-state index contributed by atoms with van der Waals surface area (Å²) < 4.78 is 2.98. The van der Waals surface area contributed by atoms with Gasteiger partial charge in [0.05, 0.1) is 5.69 Å². The van der Waals surface area contributed by atoms with Gasteiger partial charge < -0.3 is 5.32 Å². The molecule has 0 atom stereocenters. The van der Waals surface area contributed by atoms with Crippen LogP contribution in [0.4, 0.5) is 5.69 Å². The Labute approximate surface area is 170 Å². The van der Waals surface area contributed by atoms with Gasteiger partial charge in [0.1, 0.15) is 6.54 Å². The van der Waals surface area contributed by atoms with E-state index in [-0.39, 0.29) is 18.0 Å². The molecule has 2 aromatic heterocycles. The van der Waals surface area contributed by atoms with E-state index in [1.165, 1.54) is 10.6 Å². The summed E-state index contributed by atoms with van der Waals surface area (Å²) in [4.78, 5) is 30.2. The molecule has 0 aliphatic rings. The lowest BCUT2D eigenvalue weighted by Gasteiger charge is -2.16. The highest BCUT2D eigenvalue weighted by Gasteiger charge is 2.17. The summed E-state index contributed by atoms with van der Waals surface area (Å²) in [6.45, 7) is 11.5. The minimum atomic E-state index is -0.281. The van der Waals surface area contributed by atoms with Gasteiger partial charge in [-0.1, -0.05) is 24.6 Å². The van der Waals surface area contributed by atoms with Crippen molar-refractivity contribution in [2.24, 2.45) is 0 Å². The minimum Gasteiger partial charge on any atom is -0.324 e. The van der Waals surface area contributed by atoms with Crippen LogP contribution >= 0.6 is 0 Å². The number of benzene rings is 1. The van der Waals surface area contributed by atoms with Crippen LogP contribution < -0.4 is 10.9 Å². The van der Waals surface area contributed by atoms with Gasteiger partial charge in [0.25, 0.3) is 5.56 Å². The van der Waals surface area contributed by atoms with Gasteiger partial charge in [0.15, 0.2) is 0 Å². The van der Waals surface area contributed by atoms with Crippen molar-refractivity contribution in [3.05, 3.63) is 68.4 Å². The molecule has 7 heteroatoms. The maximum Gasteiger partial charge on any atom is 0.255 e. The van der Waals surface area contributed by atoms with Crippen molar-refractivity contribution < 1.29 is 4.79 Å². The summed E-state index contributed by atoms with van der Waals surface area (Å²) in [6.07, 6.45) is 0.621. The predicted molar refractivity (Wildman–Crippen MR) is 114 cm³/mol. The minimum absolute atomic E-state index is 0.143. The van der Waals surface area contributed by atoms with Crippen molar-refractivity contribution in [1.29, 1.82) is 0 Å². The fourth-order valence-corrected chi connectivity index (χ4v) is 3.56. The van der Waals surface area contributed by atoms with Gasteiger partial charge in [-0.25, -0.2) is 9.67 Å². The molecule has 29 heavy (non-hydrogen) atoms. The number of rotatable bonds is 5. The quantitative estimate of drug-likeness (QED) is 0.722. The first-order valence-electron chi connectivity index (χ1n) is 9.71. The average Bonchev–Trinajstić information content (AvgIpc) is 2.97. The molecule has 3 aromatic rings. The fraction of sp³-hybridized carbons (Fsp3) is 0.364. The monoisotopic (exact) mass is 393 g/mol. The molecule has 7 nitrogen and oxygen atoms in total. The summed E-state index contributed by atoms with van der Waals surface area (Å²) >= 11 is 0. The average molecular weight is 393 g/mol. The predicted octanol–water partition coefficient (Wildman–Crippen LogP) is 3.17. The molecule has 2 heterocycles. The van der Waals surface area contributed by atoms with Gasteiger partial charge in [0, 0.05) is 23.1 Å². The van der Waals surface area contributed by atoms with Gasteiger partial charge in [-0.2, -0.15) is 5.10 Å². The van der Waals surface area contributed by atoms with Crippen LogP contribution in [0.15, 0.2) is 29.1 Å². The number of hydrogen-bond donors (Lipinski definition) is 1. The lowest BCUT2D eigenvalue weighted by atomic mass is 10.1. The number of carbonyl (C=O) groups is 1. The topological polar surface area (TPSA) is 81.8 Å². The second-order valence-electron chi connectivity index (χ2n) is 7.49. The molecule has 1 aromatic carbocycles. The molecule has 0 radical (unpaired) electrons. The second-order valence-corrected chi connectivity index (χ2v) is 7.49. The van der Waals surface area contributed by atoms with Crippen LogP contribution in [0.2, 0.25) is 0 Å². The second kappa shape index (κ2) is 8.03. The molecule has 1 N–H and O–H groups in total. The van der Waals surface area contributed by atoms with Crippen molar-refractivity contribution in [3.63, 3.8) is 0 Å². The Bertz CT molecular complexity index is 1120. The summed E-state index contributed by atoms with van der Waals surface area (Å²) in [7, 11) is 0. The van der Waals surface area contributed by atoms with E-state index < -0.39 is 0 Å². The Kier molecular flexibility index (Phi) is 5.68. The highest BCUT2D eigenvalue weighted by Crippen LogP contribution is 2.22. The van der Waals surface area contributed by atoms with Gasteiger partial charge >= 0.3 is 0 Å². The summed E-state index contributed by atoms with van der Waals surface area (Å²) in [5.74, 6) is 0.0726. The van der Waals surface area contributed by atoms with Crippen LogP contribution in [-0.4, -0.2) is 25.2 Å². The van der Waals surface area contributed by atoms with Crippen LogP contribution in [-0.2, 0) is 17.8 Å². The fourth-order valence-electron chi connectivity index (χ4n) is 3.56. The Morgan fingerprint density at radius 2 is 1.69 bits per heavy atom. The third kappa shape index (κ3) is 4.29. The molecular formula is C22H27N5O2. The molecule has 1 amide bonds. The van der Waals surface area contributed by atoms with E-state index in [0.29, 0.717) is 18.1 Å². The molecule has 0 aliphatic carbocycles. The third-order valence-electron chi connectivity index (χ3n) is 4.85. The molecular weight excluding hydrogens is 366 g/mol. The van der Waals surface area contributed by atoms with Gasteiger partial charge in [-0.15, -0.1) is 0 Å². The molecule has 3 rings (SSSR count). The first-order valence-corrected chi connectivity index (χ1v) is 9.71. The number of aromatic nitrogens is 4. The number of nitrogens with one attached hydrogen (secondary N) is 1. The van der Waals surface area contributed by atoms with Gasteiger partial charge in [-0.3, -0.25) is 14.2 Å². The van der Waals surface area contributed by atoms with E-state index in [0.717, 1.165) is 33.8 Å². The van der Waals surface area contributed by atoms with E-state index >= 15 is 0 Å². The molecule has 0 bridgehead atoms. The number of anilines is 1. The Balaban J connectivity index is 2.00. The zero-order valence-corrected chi connectivity index (χ0v) is 17.8. The van der Waals surface area contributed by atoms with Crippen molar-refractivity contribution in [1.82, 2.24) is 19.3 Å². The molecule has 0 saturated carbocycles. The van der Waals surface area contributed by atoms with Crippen LogP contribution in [0.1, 0.15) is 40.7 Å². The van der Waals surface area contributed by atoms with Crippen LogP contribution in [0, 0.1) is 34.6 Å². The van der Waals surface area contributed by atoms with Crippen molar-refractivity contribution in [2.75, 3.05) is 5.32 Å². The maximum absolute atomic E-state index is 12.8. The van der Waals surface area contributed by atoms with E-state index in [1.807, 2.05) is 59.7 Å². The first-order chi connectivity index (χ1) is 13.7. The molecule has 0 unspecified atom stereocenters. The molecule has 152 valence electrons. The molecule has 0 aliphatic heterocycles. The summed E-state index contributed by atoms with van der Waals surface area (Å²) in [5, 5.41) is 7.40. The van der Waals surface area contributed by atoms with Crippen molar-refractivity contribution >= 4 is 11.6 Å². The normalized spacial score (nSPS) is 11.0. The number of aryl methyl sites for hydroxylation is 6. The lowest BCUT2D eigenvalue weighted by molar-refractivity contribution is -0.116. The van der Waals surface area contributed by atoms with Crippen LogP contribution in [0.25, 0.3) is 5.95 Å². The summed E-state index contributed by atoms with van der Waals surface area (Å²) in [6, 6.07) is 7.43. The smallest absolute Gasteiger partial charge is 0.255 e. The van der Waals surface area contributed by atoms with Gasteiger partial charge in [0.2, 0.25) is 11.9 Å². The van der Waals surface area contributed by atoms with E-state index in [2.05, 4.69) is 15.4 Å². The maximum atomic E-state index is 12.8. The third-order valence-corrected chi connectivity index (χ3v) is 4.85. The standard InChI is InChI=1S/C22H27N5O2/c1-7-18-11-20(29)26(22(23-18)27-17(6)10-16(5)25-27)12-19(28)24-21-14(3)8-13(2)9-15(21)4/h8-11H,7,12H2,1-6H3,(H,24,28).